The van der Waals surface area contributed by atoms with Crippen molar-refractivity contribution in [2.24, 2.45) is 0 Å². The first-order chi connectivity index (χ1) is 5.52. The normalized spacial score (nSPS) is 10.8. The molecule has 0 aromatic heterocycles. The highest BCUT2D eigenvalue weighted by Crippen LogP contribution is 2.22. The molecule has 1 rings (SSSR count). The summed E-state index contributed by atoms with van der Waals surface area (Å²) in [4.78, 5) is 0. The summed E-state index contributed by atoms with van der Waals surface area (Å²) in [6.45, 7) is 5.05. The number of rotatable bonds is 1. The summed E-state index contributed by atoms with van der Waals surface area (Å²) >= 11 is 0. The Morgan fingerprint density at radius 2 is 1.50 bits per heavy atom. The van der Waals surface area contributed by atoms with Crippen LogP contribution in [0.25, 0.3) is 0 Å². The fraction of sp³-hybridized carbons (Fsp3) is 0.300. The number of benzene rings is 1. The highest BCUT2D eigenvalue weighted by atomic mass is 19.1. The van der Waals surface area contributed by atoms with E-state index in [1.165, 1.54) is 12.1 Å². The van der Waals surface area contributed by atoms with Crippen LogP contribution in [-0.4, -0.2) is 0 Å². The van der Waals surface area contributed by atoms with Gasteiger partial charge in [0.05, 0.1) is 0 Å². The summed E-state index contributed by atoms with van der Waals surface area (Å²) in [6.07, 6.45) is 0. The van der Waals surface area contributed by atoms with E-state index in [-0.39, 0.29) is 5.56 Å². The Morgan fingerprint density at radius 3 is 1.83 bits per heavy atom. The maximum absolute atomic E-state index is 13.1. The van der Waals surface area contributed by atoms with Crippen molar-refractivity contribution < 1.29 is 8.78 Å². The van der Waals surface area contributed by atoms with Gasteiger partial charge in [0.15, 0.2) is 0 Å². The molecule has 0 saturated heterocycles. The lowest BCUT2D eigenvalue weighted by molar-refractivity contribution is 0.562. The predicted molar refractivity (Wildman–Crippen MR) is 44.8 cm³/mol. The first-order valence-electron chi connectivity index (χ1n) is 3.78. The molecule has 0 aliphatic heterocycles. The third-order valence-corrected chi connectivity index (χ3v) is 1.69. The molecule has 0 atom stereocenters. The van der Waals surface area contributed by atoms with E-state index in [9.17, 15) is 8.78 Å². The molecule has 0 aliphatic carbocycles. The molecule has 0 N–H and O–H groups in total. The molecule has 0 aliphatic rings. The molecule has 65 valence electrons. The topological polar surface area (TPSA) is 0 Å². The van der Waals surface area contributed by atoms with Crippen LogP contribution in [0.1, 0.15) is 25.0 Å². The molecule has 0 heterocycles. The highest BCUT2D eigenvalue weighted by molar-refractivity contribution is 5.34. The monoisotopic (exact) mass is 169 g/mol. The molecule has 2 heteroatoms. The fourth-order valence-corrected chi connectivity index (χ4v) is 1.18. The molecule has 1 aromatic rings. The fourth-order valence-electron chi connectivity index (χ4n) is 1.18. The lowest BCUT2D eigenvalue weighted by Gasteiger charge is -2.08. The second-order valence-electron chi connectivity index (χ2n) is 3.10. The van der Waals surface area contributed by atoms with E-state index in [0.717, 1.165) is 0 Å². The SMILES string of the molecule is C[C](C)c1c(F)cc(C)cc1F. The molecule has 0 nitrogen and oxygen atoms in total. The Labute approximate surface area is 71.2 Å². The largest absolute Gasteiger partial charge is 0.207 e. The van der Waals surface area contributed by atoms with Crippen LogP contribution >= 0.6 is 0 Å². The summed E-state index contributed by atoms with van der Waals surface area (Å²) in [5.41, 5.74) is 0.704. The Kier molecular flexibility index (Phi) is 2.46. The number of halogens is 2. The van der Waals surface area contributed by atoms with E-state index in [2.05, 4.69) is 0 Å². The molecular formula is C10H11F2. The van der Waals surface area contributed by atoms with Crippen LogP contribution in [0.5, 0.6) is 0 Å². The van der Waals surface area contributed by atoms with Gasteiger partial charge in [0.25, 0.3) is 0 Å². The van der Waals surface area contributed by atoms with Gasteiger partial charge >= 0.3 is 0 Å². The van der Waals surface area contributed by atoms with Crippen LogP contribution in [0.2, 0.25) is 0 Å². The average Bonchev–Trinajstić information content (AvgIpc) is 1.82. The van der Waals surface area contributed by atoms with Crippen molar-refractivity contribution in [1.82, 2.24) is 0 Å². The van der Waals surface area contributed by atoms with Crippen LogP contribution in [0.4, 0.5) is 8.78 Å². The summed E-state index contributed by atoms with van der Waals surface area (Å²) < 4.78 is 26.2. The zero-order valence-electron chi connectivity index (χ0n) is 7.41. The molecular weight excluding hydrogens is 158 g/mol. The van der Waals surface area contributed by atoms with E-state index in [0.29, 0.717) is 11.5 Å². The third kappa shape index (κ3) is 1.63. The average molecular weight is 169 g/mol. The van der Waals surface area contributed by atoms with Crippen molar-refractivity contribution >= 4 is 0 Å². The van der Waals surface area contributed by atoms with Crippen molar-refractivity contribution in [2.45, 2.75) is 20.8 Å². The molecule has 12 heavy (non-hydrogen) atoms. The van der Waals surface area contributed by atoms with Crippen molar-refractivity contribution in [3.63, 3.8) is 0 Å². The third-order valence-electron chi connectivity index (χ3n) is 1.69. The van der Waals surface area contributed by atoms with Crippen LogP contribution in [0.15, 0.2) is 12.1 Å². The Bertz CT molecular complexity index is 267. The molecule has 0 bridgehead atoms. The van der Waals surface area contributed by atoms with Gasteiger partial charge in [0.1, 0.15) is 11.6 Å². The van der Waals surface area contributed by atoms with Crippen molar-refractivity contribution in [1.29, 1.82) is 0 Å². The van der Waals surface area contributed by atoms with Gasteiger partial charge in [-0.3, -0.25) is 0 Å². The number of hydrogen-bond acceptors (Lipinski definition) is 0. The summed E-state index contributed by atoms with van der Waals surface area (Å²) in [5.74, 6) is -0.301. The van der Waals surface area contributed by atoms with E-state index < -0.39 is 11.6 Å². The minimum Gasteiger partial charge on any atom is -0.207 e. The quantitative estimate of drug-likeness (QED) is 0.605. The van der Waals surface area contributed by atoms with Crippen LogP contribution < -0.4 is 0 Å². The first kappa shape index (κ1) is 9.17. The van der Waals surface area contributed by atoms with Gasteiger partial charge in [0, 0.05) is 11.5 Å². The van der Waals surface area contributed by atoms with E-state index >= 15 is 0 Å². The van der Waals surface area contributed by atoms with Gasteiger partial charge in [-0.2, -0.15) is 0 Å². The minimum atomic E-state index is -0.479. The second kappa shape index (κ2) is 3.21. The van der Waals surface area contributed by atoms with E-state index in [1.54, 1.807) is 20.8 Å². The summed E-state index contributed by atoms with van der Waals surface area (Å²) in [5, 5.41) is 0. The van der Waals surface area contributed by atoms with Crippen LogP contribution in [-0.2, 0) is 0 Å². The van der Waals surface area contributed by atoms with Gasteiger partial charge < -0.3 is 0 Å². The molecule has 0 spiro atoms. The second-order valence-corrected chi connectivity index (χ2v) is 3.10. The zero-order chi connectivity index (χ0) is 9.30. The van der Waals surface area contributed by atoms with Crippen molar-refractivity contribution in [3.05, 3.63) is 40.8 Å². The lowest BCUT2D eigenvalue weighted by Crippen LogP contribution is -1.99. The maximum Gasteiger partial charge on any atom is 0.130 e. The van der Waals surface area contributed by atoms with Gasteiger partial charge in [-0.1, -0.05) is 13.8 Å². The zero-order valence-corrected chi connectivity index (χ0v) is 7.41. The standard InChI is InChI=1S/C10H11F2/c1-6(2)10-8(11)4-7(3)5-9(10)12/h4-5H,1-3H3. The Morgan fingerprint density at radius 1 is 1.08 bits per heavy atom. The smallest absolute Gasteiger partial charge is 0.130 e. The number of aryl methyl sites for hydroxylation is 1. The van der Waals surface area contributed by atoms with Gasteiger partial charge in [-0.25, -0.2) is 8.78 Å². The lowest BCUT2D eigenvalue weighted by atomic mass is 10.0. The van der Waals surface area contributed by atoms with Crippen molar-refractivity contribution in [2.75, 3.05) is 0 Å². The van der Waals surface area contributed by atoms with Crippen molar-refractivity contribution in [3.8, 4) is 0 Å². The first-order valence-corrected chi connectivity index (χ1v) is 3.78. The number of hydrogen-bond donors (Lipinski definition) is 0. The van der Waals surface area contributed by atoms with E-state index in [1.807, 2.05) is 0 Å². The minimum absolute atomic E-state index is 0.0978. The highest BCUT2D eigenvalue weighted by Gasteiger charge is 2.12. The Hall–Kier alpha value is -0.920. The van der Waals surface area contributed by atoms with Gasteiger partial charge in [0.2, 0.25) is 0 Å². The molecule has 1 radical (unpaired) electrons. The predicted octanol–water partition coefficient (Wildman–Crippen LogP) is 3.24. The molecule has 0 amide bonds. The summed E-state index contributed by atoms with van der Waals surface area (Å²) in [6, 6.07) is 2.68. The molecule has 0 unspecified atom stereocenters. The molecule has 1 aromatic carbocycles. The van der Waals surface area contributed by atoms with Gasteiger partial charge in [-0.15, -0.1) is 0 Å². The van der Waals surface area contributed by atoms with Crippen LogP contribution in [0.3, 0.4) is 0 Å². The van der Waals surface area contributed by atoms with Crippen LogP contribution in [0, 0.1) is 24.5 Å². The van der Waals surface area contributed by atoms with Gasteiger partial charge in [-0.05, 0) is 24.6 Å². The molecule has 0 saturated carbocycles. The Balaban J connectivity index is 3.28. The molecule has 0 fully saturated rings. The maximum atomic E-state index is 13.1. The summed E-state index contributed by atoms with van der Waals surface area (Å²) in [7, 11) is 0. The van der Waals surface area contributed by atoms with E-state index in [4.69, 9.17) is 0 Å².